The zero-order valence-corrected chi connectivity index (χ0v) is 26.4. The Balaban J connectivity index is 0.00000417. The minimum absolute atomic E-state index is 0. The molecule has 0 saturated carbocycles. The lowest BCUT2D eigenvalue weighted by molar-refractivity contribution is 0.0184. The molecule has 5 aromatic carbocycles. The second kappa shape index (κ2) is 15.3. The molecule has 6 aromatic rings. The summed E-state index contributed by atoms with van der Waals surface area (Å²) in [5.74, 6) is 1.19. The minimum Gasteiger partial charge on any atom is -0.508 e. The van der Waals surface area contributed by atoms with Crippen LogP contribution >= 0.6 is 12.4 Å². The molecule has 6 rings (SSSR count). The van der Waals surface area contributed by atoms with Crippen LogP contribution in [0.5, 0.6) is 17.2 Å². The number of ether oxygens (including phenoxy) is 3. The number of aromatic hydroxyl groups is 1. The Kier molecular flexibility index (Phi) is 10.8. The van der Waals surface area contributed by atoms with Crippen molar-refractivity contribution in [2.75, 3.05) is 26.8 Å². The molecule has 0 bridgehead atoms. The standard InChI is InChI=1S/C38H36N2O5.ClH/c1-43-35-16-7-8-17-36(35)44-23-22-40(25-27-18-20-30(41)21-19-27)26-31(45-38(42)28-10-3-2-4-11-28)24-29-12-9-14-33-32-13-5-6-15-34(32)39-37(29)33;/h2-21,31,39,41H,22-26H2,1H3;1H. The molecule has 1 unspecified atom stereocenters. The van der Waals surface area contributed by atoms with Crippen molar-refractivity contribution >= 4 is 40.2 Å². The summed E-state index contributed by atoms with van der Waals surface area (Å²) >= 11 is 0. The average molecular weight is 637 g/mol. The number of phenols is 1. The van der Waals surface area contributed by atoms with Gasteiger partial charge in [-0.1, -0.05) is 78.9 Å². The summed E-state index contributed by atoms with van der Waals surface area (Å²) < 4.78 is 17.9. The second-order valence-corrected chi connectivity index (χ2v) is 11.0. The number of fused-ring (bicyclic) bond motifs is 3. The Labute approximate surface area is 274 Å². The van der Waals surface area contributed by atoms with Gasteiger partial charge in [0.1, 0.15) is 18.5 Å². The number of H-pyrrole nitrogens is 1. The number of para-hydroxylation sites is 4. The van der Waals surface area contributed by atoms with E-state index >= 15 is 0 Å². The van der Waals surface area contributed by atoms with Gasteiger partial charge in [0, 0.05) is 47.9 Å². The first kappa shape index (κ1) is 32.4. The quantitative estimate of drug-likeness (QED) is 0.126. The van der Waals surface area contributed by atoms with Gasteiger partial charge < -0.3 is 24.3 Å². The molecular formula is C38H37ClN2O5. The fourth-order valence-corrected chi connectivity index (χ4v) is 5.69. The van der Waals surface area contributed by atoms with Gasteiger partial charge in [-0.15, -0.1) is 12.4 Å². The largest absolute Gasteiger partial charge is 0.508 e. The Morgan fingerprint density at radius 1 is 0.804 bits per heavy atom. The van der Waals surface area contributed by atoms with E-state index in [1.54, 1.807) is 31.4 Å². The Morgan fingerprint density at radius 3 is 2.28 bits per heavy atom. The Hall–Kier alpha value is -4.98. The molecule has 46 heavy (non-hydrogen) atoms. The van der Waals surface area contributed by atoms with E-state index in [-0.39, 0.29) is 24.1 Å². The maximum atomic E-state index is 13.4. The van der Waals surface area contributed by atoms with Crippen molar-refractivity contribution < 1.29 is 24.1 Å². The number of benzene rings is 5. The van der Waals surface area contributed by atoms with E-state index in [0.717, 1.165) is 32.9 Å². The summed E-state index contributed by atoms with van der Waals surface area (Å²) in [6, 6.07) is 38.4. The molecule has 0 amide bonds. The van der Waals surface area contributed by atoms with Crippen molar-refractivity contribution in [3.05, 3.63) is 138 Å². The SMILES string of the molecule is COc1ccccc1OCCN(Cc1ccc(O)cc1)CC(Cc1cccc2c1[nH]c1ccccc12)OC(=O)c1ccccc1.Cl. The van der Waals surface area contributed by atoms with Gasteiger partial charge in [0.2, 0.25) is 0 Å². The van der Waals surface area contributed by atoms with Crippen molar-refractivity contribution in [2.24, 2.45) is 0 Å². The van der Waals surface area contributed by atoms with Gasteiger partial charge in [-0.3, -0.25) is 4.90 Å². The monoisotopic (exact) mass is 636 g/mol. The van der Waals surface area contributed by atoms with Crippen LogP contribution in [0.15, 0.2) is 121 Å². The Bertz CT molecular complexity index is 1870. The molecule has 0 aliphatic carbocycles. The van der Waals surface area contributed by atoms with E-state index in [1.807, 2.05) is 66.7 Å². The van der Waals surface area contributed by atoms with Gasteiger partial charge in [-0.25, -0.2) is 4.79 Å². The lowest BCUT2D eigenvalue weighted by Gasteiger charge is -2.28. The number of rotatable bonds is 13. The maximum Gasteiger partial charge on any atom is 0.338 e. The molecular weight excluding hydrogens is 600 g/mol. The number of aromatic amines is 1. The number of nitrogens with one attached hydrogen (secondary N) is 1. The normalized spacial score (nSPS) is 11.7. The molecule has 1 atom stereocenters. The van der Waals surface area contributed by atoms with E-state index in [2.05, 4.69) is 40.2 Å². The molecule has 236 valence electrons. The summed E-state index contributed by atoms with van der Waals surface area (Å²) in [7, 11) is 1.62. The highest BCUT2D eigenvalue weighted by Gasteiger charge is 2.22. The second-order valence-electron chi connectivity index (χ2n) is 11.0. The highest BCUT2D eigenvalue weighted by atomic mass is 35.5. The molecule has 1 heterocycles. The smallest absolute Gasteiger partial charge is 0.338 e. The summed E-state index contributed by atoms with van der Waals surface area (Å²) in [6.07, 6.45) is 0.0560. The molecule has 1 aromatic heterocycles. The van der Waals surface area contributed by atoms with Crippen molar-refractivity contribution in [3.8, 4) is 17.2 Å². The molecule has 0 fully saturated rings. The first-order valence-electron chi connectivity index (χ1n) is 15.1. The number of hydrogen-bond donors (Lipinski definition) is 2. The van der Waals surface area contributed by atoms with Crippen molar-refractivity contribution in [1.82, 2.24) is 9.88 Å². The number of esters is 1. The molecule has 8 heteroatoms. The first-order valence-corrected chi connectivity index (χ1v) is 15.1. The van der Waals surface area contributed by atoms with Gasteiger partial charge in [0.15, 0.2) is 11.5 Å². The van der Waals surface area contributed by atoms with Gasteiger partial charge in [-0.2, -0.15) is 0 Å². The van der Waals surface area contributed by atoms with E-state index in [4.69, 9.17) is 14.2 Å². The van der Waals surface area contributed by atoms with E-state index in [0.29, 0.717) is 49.7 Å². The third-order valence-corrected chi connectivity index (χ3v) is 7.90. The summed E-state index contributed by atoms with van der Waals surface area (Å²) in [4.78, 5) is 19.2. The lowest BCUT2D eigenvalue weighted by atomic mass is 10.0. The summed E-state index contributed by atoms with van der Waals surface area (Å²) in [5.41, 5.74) is 4.72. The number of hydrogen-bond acceptors (Lipinski definition) is 6. The first-order chi connectivity index (χ1) is 22.1. The van der Waals surface area contributed by atoms with Crippen LogP contribution in [0, 0.1) is 0 Å². The number of carbonyl (C=O) groups is 1. The van der Waals surface area contributed by atoms with Crippen LogP contribution in [0.2, 0.25) is 0 Å². The van der Waals surface area contributed by atoms with Crippen LogP contribution in [0.1, 0.15) is 21.5 Å². The minimum atomic E-state index is -0.460. The zero-order chi connectivity index (χ0) is 31.0. The zero-order valence-electron chi connectivity index (χ0n) is 25.6. The van der Waals surface area contributed by atoms with Crippen molar-refractivity contribution in [3.63, 3.8) is 0 Å². The highest BCUT2D eigenvalue weighted by Crippen LogP contribution is 2.29. The van der Waals surface area contributed by atoms with Gasteiger partial charge in [0.05, 0.1) is 12.7 Å². The fraction of sp³-hybridized carbons (Fsp3) is 0.184. The lowest BCUT2D eigenvalue weighted by Crippen LogP contribution is -2.38. The Morgan fingerprint density at radius 2 is 1.50 bits per heavy atom. The van der Waals surface area contributed by atoms with Gasteiger partial charge >= 0.3 is 5.97 Å². The fourth-order valence-electron chi connectivity index (χ4n) is 5.69. The topological polar surface area (TPSA) is 84.0 Å². The summed E-state index contributed by atoms with van der Waals surface area (Å²) in [5, 5.41) is 12.2. The average Bonchev–Trinajstić information content (AvgIpc) is 3.46. The van der Waals surface area contributed by atoms with E-state index < -0.39 is 6.10 Å². The number of aromatic nitrogens is 1. The third-order valence-electron chi connectivity index (χ3n) is 7.90. The molecule has 0 saturated heterocycles. The number of methoxy groups -OCH3 is 1. The number of halogens is 1. The molecule has 7 nitrogen and oxygen atoms in total. The van der Waals surface area contributed by atoms with Gasteiger partial charge in [-0.05, 0) is 53.6 Å². The predicted molar refractivity (Wildman–Crippen MR) is 184 cm³/mol. The van der Waals surface area contributed by atoms with E-state index in [9.17, 15) is 9.90 Å². The van der Waals surface area contributed by atoms with Crippen LogP contribution in [-0.4, -0.2) is 53.9 Å². The molecule has 0 spiro atoms. The van der Waals surface area contributed by atoms with Crippen LogP contribution in [-0.2, 0) is 17.7 Å². The maximum absolute atomic E-state index is 13.4. The van der Waals surface area contributed by atoms with Gasteiger partial charge in [0.25, 0.3) is 0 Å². The predicted octanol–water partition coefficient (Wildman–Crippen LogP) is 7.81. The highest BCUT2D eigenvalue weighted by molar-refractivity contribution is 6.08. The molecule has 2 N–H and O–H groups in total. The number of carbonyl (C=O) groups excluding carboxylic acids is 1. The molecule has 0 aliphatic heterocycles. The number of nitrogens with zero attached hydrogens (tertiary/aromatic N) is 1. The molecule has 0 radical (unpaired) electrons. The van der Waals surface area contributed by atoms with E-state index in [1.165, 1.54) is 0 Å². The van der Waals surface area contributed by atoms with Crippen LogP contribution in [0.25, 0.3) is 21.8 Å². The van der Waals surface area contributed by atoms with Crippen LogP contribution in [0.3, 0.4) is 0 Å². The third kappa shape index (κ3) is 7.80. The van der Waals surface area contributed by atoms with Crippen LogP contribution in [0.4, 0.5) is 0 Å². The number of phenolic OH excluding ortho intramolecular Hbond substituents is 1. The van der Waals surface area contributed by atoms with Crippen molar-refractivity contribution in [1.29, 1.82) is 0 Å². The summed E-state index contributed by atoms with van der Waals surface area (Å²) in [6.45, 7) is 2.00. The van der Waals surface area contributed by atoms with Crippen molar-refractivity contribution in [2.45, 2.75) is 19.1 Å². The molecule has 0 aliphatic rings. The van der Waals surface area contributed by atoms with Crippen LogP contribution < -0.4 is 9.47 Å².